The Labute approximate surface area is 117 Å². The second-order valence-electron chi connectivity index (χ2n) is 5.65. The fourth-order valence-corrected chi connectivity index (χ4v) is 3.02. The van der Waals surface area contributed by atoms with Crippen molar-refractivity contribution in [1.29, 1.82) is 0 Å². The topological polar surface area (TPSA) is 28.2 Å². The Morgan fingerprint density at radius 1 is 1.32 bits per heavy atom. The molecule has 0 aromatic carbocycles. The predicted molar refractivity (Wildman–Crippen MR) is 81.5 cm³/mol. The van der Waals surface area contributed by atoms with Gasteiger partial charge in [0.25, 0.3) is 0 Å². The molecule has 2 rings (SSSR count). The first-order valence-electron chi connectivity index (χ1n) is 7.67. The van der Waals surface area contributed by atoms with Crippen LogP contribution in [-0.2, 0) is 6.54 Å². The van der Waals surface area contributed by atoms with Crippen LogP contribution in [0.1, 0.15) is 44.6 Å². The van der Waals surface area contributed by atoms with E-state index in [1.807, 2.05) is 12.3 Å². The molecule has 19 heavy (non-hydrogen) atoms. The number of aromatic nitrogens is 1. The summed E-state index contributed by atoms with van der Waals surface area (Å²) in [7, 11) is 2.19. The van der Waals surface area contributed by atoms with Gasteiger partial charge in [0.2, 0.25) is 0 Å². The summed E-state index contributed by atoms with van der Waals surface area (Å²) in [4.78, 5) is 6.93. The van der Waals surface area contributed by atoms with Crippen molar-refractivity contribution in [2.45, 2.75) is 45.6 Å². The monoisotopic (exact) mass is 261 g/mol. The van der Waals surface area contributed by atoms with Crippen molar-refractivity contribution in [2.24, 2.45) is 5.92 Å². The maximum Gasteiger partial charge on any atom is 0.132 e. The van der Waals surface area contributed by atoms with E-state index >= 15 is 0 Å². The molecule has 0 bridgehead atoms. The average molecular weight is 261 g/mol. The number of rotatable bonds is 6. The first-order chi connectivity index (χ1) is 9.31. The first-order valence-corrected chi connectivity index (χ1v) is 7.67. The van der Waals surface area contributed by atoms with Crippen molar-refractivity contribution in [3.63, 3.8) is 0 Å². The maximum atomic E-state index is 4.58. The predicted octanol–water partition coefficient (Wildman–Crippen LogP) is 3.21. The summed E-state index contributed by atoms with van der Waals surface area (Å²) in [6.07, 6.45) is 8.92. The van der Waals surface area contributed by atoms with Gasteiger partial charge in [-0.25, -0.2) is 4.98 Å². The van der Waals surface area contributed by atoms with Crippen LogP contribution in [0.25, 0.3) is 0 Å². The molecule has 0 amide bonds. The molecule has 1 aliphatic carbocycles. The van der Waals surface area contributed by atoms with E-state index in [4.69, 9.17) is 0 Å². The third kappa shape index (κ3) is 4.20. The van der Waals surface area contributed by atoms with Crippen molar-refractivity contribution in [2.75, 3.05) is 25.0 Å². The Morgan fingerprint density at radius 3 is 2.84 bits per heavy atom. The molecule has 1 heterocycles. The number of hydrogen-bond donors (Lipinski definition) is 1. The Hall–Kier alpha value is -1.09. The smallest absolute Gasteiger partial charge is 0.132 e. The van der Waals surface area contributed by atoms with Crippen LogP contribution in [0.5, 0.6) is 0 Å². The lowest BCUT2D eigenvalue weighted by molar-refractivity contribution is 0.361. The van der Waals surface area contributed by atoms with E-state index in [2.05, 4.69) is 35.2 Å². The molecule has 3 nitrogen and oxygen atoms in total. The van der Waals surface area contributed by atoms with Gasteiger partial charge in [-0.1, -0.05) is 32.3 Å². The van der Waals surface area contributed by atoms with E-state index in [-0.39, 0.29) is 0 Å². The minimum atomic E-state index is 0.854. The molecule has 0 aliphatic heterocycles. The molecular formula is C16H27N3. The van der Waals surface area contributed by atoms with Crippen LogP contribution in [0.4, 0.5) is 5.82 Å². The lowest BCUT2D eigenvalue weighted by Crippen LogP contribution is -2.29. The highest BCUT2D eigenvalue weighted by Gasteiger charge is 2.17. The van der Waals surface area contributed by atoms with E-state index < -0.39 is 0 Å². The molecule has 1 aromatic heterocycles. The zero-order valence-corrected chi connectivity index (χ0v) is 12.4. The standard InChI is InChI=1S/C16H27N3/c1-3-17-12-15-10-7-11-18-16(15)19(2)13-14-8-5-4-6-9-14/h7,10-11,14,17H,3-6,8-9,12-13H2,1-2H3. The molecule has 0 radical (unpaired) electrons. The lowest BCUT2D eigenvalue weighted by Gasteiger charge is -2.28. The third-order valence-electron chi connectivity index (χ3n) is 4.05. The van der Waals surface area contributed by atoms with E-state index in [0.717, 1.165) is 31.4 Å². The highest BCUT2D eigenvalue weighted by Crippen LogP contribution is 2.26. The second kappa shape index (κ2) is 7.49. The number of nitrogens with one attached hydrogen (secondary N) is 1. The van der Waals surface area contributed by atoms with Crippen LogP contribution < -0.4 is 10.2 Å². The molecule has 0 atom stereocenters. The molecule has 0 spiro atoms. The zero-order chi connectivity index (χ0) is 13.5. The highest BCUT2D eigenvalue weighted by atomic mass is 15.2. The molecule has 1 N–H and O–H groups in total. The normalized spacial score (nSPS) is 16.5. The zero-order valence-electron chi connectivity index (χ0n) is 12.4. The summed E-state index contributed by atoms with van der Waals surface area (Å²) in [6, 6.07) is 4.22. The van der Waals surface area contributed by atoms with E-state index in [9.17, 15) is 0 Å². The van der Waals surface area contributed by atoms with E-state index in [0.29, 0.717) is 0 Å². The quantitative estimate of drug-likeness (QED) is 0.852. The van der Waals surface area contributed by atoms with Crippen LogP contribution >= 0.6 is 0 Å². The third-order valence-corrected chi connectivity index (χ3v) is 4.05. The van der Waals surface area contributed by atoms with Crippen molar-refractivity contribution in [3.05, 3.63) is 23.9 Å². The minimum Gasteiger partial charge on any atom is -0.359 e. The van der Waals surface area contributed by atoms with Gasteiger partial charge in [0.1, 0.15) is 5.82 Å². The number of hydrogen-bond acceptors (Lipinski definition) is 3. The fourth-order valence-electron chi connectivity index (χ4n) is 3.02. The van der Waals surface area contributed by atoms with Gasteiger partial charge in [0.05, 0.1) is 0 Å². The molecule has 0 saturated heterocycles. The Morgan fingerprint density at radius 2 is 2.11 bits per heavy atom. The summed E-state index contributed by atoms with van der Waals surface area (Å²) in [6.45, 7) is 5.20. The van der Waals surface area contributed by atoms with Crippen molar-refractivity contribution in [1.82, 2.24) is 10.3 Å². The van der Waals surface area contributed by atoms with Crippen LogP contribution in [0.3, 0.4) is 0 Å². The van der Waals surface area contributed by atoms with Crippen molar-refractivity contribution < 1.29 is 0 Å². The van der Waals surface area contributed by atoms with Crippen LogP contribution in [0, 0.1) is 5.92 Å². The van der Waals surface area contributed by atoms with Gasteiger partial charge in [-0.3, -0.25) is 0 Å². The van der Waals surface area contributed by atoms with Gasteiger partial charge in [-0.05, 0) is 31.4 Å². The van der Waals surface area contributed by atoms with Gasteiger partial charge in [0, 0.05) is 31.9 Å². The molecule has 106 valence electrons. The Bertz CT molecular complexity index is 372. The Balaban J connectivity index is 1.98. The van der Waals surface area contributed by atoms with Gasteiger partial charge < -0.3 is 10.2 Å². The highest BCUT2D eigenvalue weighted by molar-refractivity contribution is 5.45. The summed E-state index contributed by atoms with van der Waals surface area (Å²) in [5.74, 6) is 2.00. The molecular weight excluding hydrogens is 234 g/mol. The van der Waals surface area contributed by atoms with Crippen LogP contribution in [-0.4, -0.2) is 25.1 Å². The van der Waals surface area contributed by atoms with Gasteiger partial charge in [-0.2, -0.15) is 0 Å². The number of anilines is 1. The number of pyridine rings is 1. The van der Waals surface area contributed by atoms with Gasteiger partial charge in [0.15, 0.2) is 0 Å². The summed E-state index contributed by atoms with van der Waals surface area (Å²) >= 11 is 0. The van der Waals surface area contributed by atoms with Crippen LogP contribution in [0.15, 0.2) is 18.3 Å². The molecule has 0 unspecified atom stereocenters. The molecule has 1 aliphatic rings. The van der Waals surface area contributed by atoms with Crippen LogP contribution in [0.2, 0.25) is 0 Å². The first kappa shape index (κ1) is 14.3. The number of nitrogens with zero attached hydrogens (tertiary/aromatic N) is 2. The summed E-state index contributed by atoms with van der Waals surface area (Å²) < 4.78 is 0. The fraction of sp³-hybridized carbons (Fsp3) is 0.688. The molecule has 3 heteroatoms. The molecule has 1 aromatic rings. The van der Waals surface area contributed by atoms with E-state index in [1.54, 1.807) is 0 Å². The van der Waals surface area contributed by atoms with Crippen molar-refractivity contribution in [3.8, 4) is 0 Å². The maximum absolute atomic E-state index is 4.58. The summed E-state index contributed by atoms with van der Waals surface area (Å²) in [5.41, 5.74) is 1.31. The largest absolute Gasteiger partial charge is 0.359 e. The average Bonchev–Trinajstić information content (AvgIpc) is 2.46. The van der Waals surface area contributed by atoms with Crippen molar-refractivity contribution >= 4 is 5.82 Å². The minimum absolute atomic E-state index is 0.854. The lowest BCUT2D eigenvalue weighted by atomic mass is 9.89. The molecule has 1 saturated carbocycles. The van der Waals surface area contributed by atoms with Gasteiger partial charge in [-0.15, -0.1) is 0 Å². The SMILES string of the molecule is CCNCc1cccnc1N(C)CC1CCCCC1. The summed E-state index contributed by atoms with van der Waals surface area (Å²) in [5, 5.41) is 3.40. The van der Waals surface area contributed by atoms with E-state index in [1.165, 1.54) is 37.7 Å². The Kier molecular flexibility index (Phi) is 5.64. The second-order valence-corrected chi connectivity index (χ2v) is 5.65. The van der Waals surface area contributed by atoms with Gasteiger partial charge >= 0.3 is 0 Å². The molecule has 1 fully saturated rings.